The Labute approximate surface area is 157 Å². The fourth-order valence-corrected chi connectivity index (χ4v) is 5.36. The Bertz CT molecular complexity index is 1170. The van der Waals surface area contributed by atoms with Crippen molar-refractivity contribution >= 4 is 26.6 Å². The zero-order valence-electron chi connectivity index (χ0n) is 14.9. The molecule has 1 aliphatic rings. The van der Waals surface area contributed by atoms with Gasteiger partial charge in [-0.2, -0.15) is 5.26 Å². The number of aryl methyl sites for hydroxylation is 1. The summed E-state index contributed by atoms with van der Waals surface area (Å²) >= 11 is 0. The summed E-state index contributed by atoms with van der Waals surface area (Å²) < 4.78 is 27.7. The molecule has 0 atom stereocenters. The van der Waals surface area contributed by atoms with Gasteiger partial charge in [0.05, 0.1) is 28.2 Å². The summed E-state index contributed by atoms with van der Waals surface area (Å²) in [6, 6.07) is 14.6. The molecule has 1 saturated heterocycles. The second-order valence-corrected chi connectivity index (χ2v) is 8.58. The molecule has 0 spiro atoms. The van der Waals surface area contributed by atoms with Crippen LogP contribution in [0.15, 0.2) is 42.5 Å². The minimum atomic E-state index is -3.22. The number of sulfonamides is 1. The molecule has 2 heterocycles. The van der Waals surface area contributed by atoms with E-state index in [1.165, 1.54) is 4.31 Å². The number of nitriles is 1. The van der Waals surface area contributed by atoms with E-state index in [1.54, 1.807) is 30.3 Å². The predicted molar refractivity (Wildman–Crippen MR) is 105 cm³/mol. The van der Waals surface area contributed by atoms with Gasteiger partial charge >= 0.3 is 0 Å². The van der Waals surface area contributed by atoms with E-state index in [1.807, 2.05) is 23.6 Å². The predicted octanol–water partition coefficient (Wildman–Crippen LogP) is 3.45. The Morgan fingerprint density at radius 1 is 1.19 bits per heavy atom. The van der Waals surface area contributed by atoms with Crippen LogP contribution >= 0.6 is 0 Å². The minimum absolute atomic E-state index is 0.153. The molecule has 0 unspecified atom stereocenters. The number of nitrogens with zero attached hydrogens (tertiary/aromatic N) is 3. The van der Waals surface area contributed by atoms with Gasteiger partial charge in [0.15, 0.2) is 0 Å². The largest absolute Gasteiger partial charge is 0.508 e. The van der Waals surface area contributed by atoms with Crippen LogP contribution in [0, 0.1) is 11.3 Å². The Balaban J connectivity index is 1.87. The number of aromatic nitrogens is 1. The second kappa shape index (κ2) is 6.32. The highest BCUT2D eigenvalue weighted by atomic mass is 32.2. The minimum Gasteiger partial charge on any atom is -0.508 e. The smallest absolute Gasteiger partial charge is 0.235 e. The Hall–Kier alpha value is -2.98. The molecule has 1 fully saturated rings. The maximum atomic E-state index is 12.1. The topological polar surface area (TPSA) is 86.3 Å². The number of hydrogen-bond acceptors (Lipinski definition) is 4. The van der Waals surface area contributed by atoms with Gasteiger partial charge in [0.25, 0.3) is 0 Å². The lowest BCUT2D eigenvalue weighted by Gasteiger charge is -2.17. The van der Waals surface area contributed by atoms with Gasteiger partial charge < -0.3 is 9.67 Å². The summed E-state index contributed by atoms with van der Waals surface area (Å²) in [5.41, 5.74) is 3.61. The third kappa shape index (κ3) is 2.73. The Kier molecular flexibility index (Phi) is 4.08. The molecule has 6 nitrogen and oxygen atoms in total. The number of phenols is 1. The molecule has 0 saturated carbocycles. The third-order valence-corrected chi connectivity index (χ3v) is 6.87. The summed E-state index contributed by atoms with van der Waals surface area (Å²) in [7, 11) is -3.22. The second-order valence-electron chi connectivity index (χ2n) is 6.57. The van der Waals surface area contributed by atoms with Crippen molar-refractivity contribution in [3.8, 4) is 23.1 Å². The summed E-state index contributed by atoms with van der Waals surface area (Å²) in [5.74, 6) is 0.335. The van der Waals surface area contributed by atoms with E-state index in [0.29, 0.717) is 30.8 Å². The quantitative estimate of drug-likeness (QED) is 0.753. The van der Waals surface area contributed by atoms with Crippen LogP contribution in [-0.2, 0) is 16.6 Å². The van der Waals surface area contributed by atoms with E-state index in [9.17, 15) is 18.8 Å². The fourth-order valence-electron chi connectivity index (χ4n) is 3.79. The molecule has 27 heavy (non-hydrogen) atoms. The highest BCUT2D eigenvalue weighted by molar-refractivity contribution is 7.93. The van der Waals surface area contributed by atoms with Crippen molar-refractivity contribution in [3.63, 3.8) is 0 Å². The number of hydrogen-bond donors (Lipinski definition) is 1. The zero-order chi connectivity index (χ0) is 19.2. The van der Waals surface area contributed by atoms with Crippen molar-refractivity contribution in [2.45, 2.75) is 19.9 Å². The number of aromatic hydroxyl groups is 1. The number of rotatable bonds is 3. The van der Waals surface area contributed by atoms with Crippen LogP contribution in [0.3, 0.4) is 0 Å². The number of fused-ring (bicyclic) bond motifs is 1. The SMILES string of the molecule is CCn1c(-c2ccc(N3CCCS3(=O)=O)cc2)c(C#N)c2ccc(O)cc21. The first-order valence-corrected chi connectivity index (χ1v) is 10.4. The van der Waals surface area contributed by atoms with E-state index in [-0.39, 0.29) is 11.5 Å². The van der Waals surface area contributed by atoms with Crippen LogP contribution < -0.4 is 4.31 Å². The molecule has 1 aromatic heterocycles. The maximum absolute atomic E-state index is 12.1. The van der Waals surface area contributed by atoms with Gasteiger partial charge in [-0.05, 0) is 43.2 Å². The molecular weight excluding hydrogens is 362 g/mol. The van der Waals surface area contributed by atoms with Crippen molar-refractivity contribution in [1.82, 2.24) is 4.57 Å². The third-order valence-electron chi connectivity index (χ3n) is 5.00. The van der Waals surface area contributed by atoms with Crippen LogP contribution in [0.2, 0.25) is 0 Å². The monoisotopic (exact) mass is 381 g/mol. The lowest BCUT2D eigenvalue weighted by molar-refractivity contribution is 0.476. The van der Waals surface area contributed by atoms with Crippen LogP contribution in [-0.4, -0.2) is 30.4 Å². The number of benzene rings is 2. The summed E-state index contributed by atoms with van der Waals surface area (Å²) in [4.78, 5) is 0. The van der Waals surface area contributed by atoms with Gasteiger partial charge in [0.2, 0.25) is 10.0 Å². The van der Waals surface area contributed by atoms with Crippen molar-refractivity contribution < 1.29 is 13.5 Å². The molecule has 138 valence electrons. The van der Waals surface area contributed by atoms with Crippen molar-refractivity contribution in [2.75, 3.05) is 16.6 Å². The average molecular weight is 381 g/mol. The summed E-state index contributed by atoms with van der Waals surface area (Å²) in [5, 5.41) is 20.4. The molecule has 3 aromatic rings. The lowest BCUT2D eigenvalue weighted by Crippen LogP contribution is -2.24. The van der Waals surface area contributed by atoms with E-state index < -0.39 is 10.0 Å². The standard InChI is InChI=1S/C20H19N3O3S/c1-2-22-19-12-16(24)8-9-17(19)18(13-21)20(22)14-4-6-15(7-5-14)23-10-3-11-27(23,25)26/h4-9,12,24H,2-3,10-11H2,1H3. The van der Waals surface area contributed by atoms with Gasteiger partial charge in [-0.3, -0.25) is 4.31 Å². The van der Waals surface area contributed by atoms with Crippen LogP contribution in [0.5, 0.6) is 5.75 Å². The first kappa shape index (κ1) is 17.4. The van der Waals surface area contributed by atoms with E-state index in [4.69, 9.17) is 0 Å². The summed E-state index contributed by atoms with van der Waals surface area (Å²) in [6.45, 7) is 3.12. The van der Waals surface area contributed by atoms with Crippen molar-refractivity contribution in [1.29, 1.82) is 5.26 Å². The highest BCUT2D eigenvalue weighted by Gasteiger charge is 2.28. The van der Waals surface area contributed by atoms with E-state index in [0.717, 1.165) is 22.2 Å². The van der Waals surface area contributed by atoms with Crippen molar-refractivity contribution in [2.24, 2.45) is 0 Å². The fraction of sp³-hybridized carbons (Fsp3) is 0.250. The van der Waals surface area contributed by atoms with Gasteiger partial charge in [-0.15, -0.1) is 0 Å². The molecular formula is C20H19N3O3S. The first-order valence-electron chi connectivity index (χ1n) is 8.82. The van der Waals surface area contributed by atoms with Crippen LogP contribution in [0.25, 0.3) is 22.2 Å². The Morgan fingerprint density at radius 2 is 1.93 bits per heavy atom. The van der Waals surface area contributed by atoms with Gasteiger partial charge in [-0.1, -0.05) is 12.1 Å². The Morgan fingerprint density at radius 3 is 2.52 bits per heavy atom. The summed E-state index contributed by atoms with van der Waals surface area (Å²) in [6.07, 6.45) is 0.635. The number of phenolic OH excluding ortho intramolecular Hbond substituents is 1. The lowest BCUT2D eigenvalue weighted by atomic mass is 10.1. The molecule has 0 aliphatic carbocycles. The molecule has 2 aromatic carbocycles. The molecule has 1 N–H and O–H groups in total. The highest BCUT2D eigenvalue weighted by Crippen LogP contribution is 2.36. The van der Waals surface area contributed by atoms with Gasteiger partial charge in [0.1, 0.15) is 11.8 Å². The van der Waals surface area contributed by atoms with E-state index >= 15 is 0 Å². The van der Waals surface area contributed by atoms with Crippen LogP contribution in [0.4, 0.5) is 5.69 Å². The van der Waals surface area contributed by atoms with Crippen LogP contribution in [0.1, 0.15) is 18.9 Å². The normalized spacial score (nSPS) is 15.9. The molecule has 1 aliphatic heterocycles. The maximum Gasteiger partial charge on any atom is 0.235 e. The van der Waals surface area contributed by atoms with E-state index in [2.05, 4.69) is 6.07 Å². The van der Waals surface area contributed by atoms with Gasteiger partial charge in [0, 0.05) is 24.5 Å². The van der Waals surface area contributed by atoms with Crippen molar-refractivity contribution in [3.05, 3.63) is 48.0 Å². The first-order chi connectivity index (χ1) is 13.0. The molecule has 4 rings (SSSR count). The number of anilines is 1. The molecule has 0 radical (unpaired) electrons. The molecule has 0 amide bonds. The molecule has 0 bridgehead atoms. The zero-order valence-corrected chi connectivity index (χ0v) is 15.7. The molecule has 7 heteroatoms. The average Bonchev–Trinajstić information content (AvgIpc) is 3.17. The van der Waals surface area contributed by atoms with Gasteiger partial charge in [-0.25, -0.2) is 8.42 Å².